The fourth-order valence-electron chi connectivity index (χ4n) is 6.70. The molecular formula is C46H47N6O4S4+. The molecule has 0 saturated heterocycles. The van der Waals surface area contributed by atoms with E-state index in [1.54, 1.807) is 95.8 Å². The highest BCUT2D eigenvalue weighted by molar-refractivity contribution is 8.01. The van der Waals surface area contributed by atoms with Gasteiger partial charge in [0.15, 0.2) is 0 Å². The molecule has 0 aliphatic rings. The van der Waals surface area contributed by atoms with Gasteiger partial charge < -0.3 is 30.1 Å². The normalized spacial score (nSPS) is 11.3. The molecule has 5 N–H and O–H groups in total. The molecule has 308 valence electrons. The minimum absolute atomic E-state index is 0.0294. The lowest BCUT2D eigenvalue weighted by Gasteiger charge is -2.09. The maximum atomic E-state index is 11.8. The number of hydrogen-bond donors (Lipinski definition) is 2. The van der Waals surface area contributed by atoms with Crippen LogP contribution in [-0.4, -0.2) is 53.1 Å². The van der Waals surface area contributed by atoms with E-state index in [9.17, 15) is 9.59 Å². The van der Waals surface area contributed by atoms with E-state index in [4.69, 9.17) is 25.9 Å². The first-order valence-electron chi connectivity index (χ1n) is 19.4. The maximum absolute atomic E-state index is 11.8. The molecule has 0 aliphatic heterocycles. The lowest BCUT2D eigenvalue weighted by atomic mass is 10.0. The summed E-state index contributed by atoms with van der Waals surface area (Å²) in [5.41, 5.74) is 22.7. The summed E-state index contributed by atoms with van der Waals surface area (Å²) in [6.45, 7) is 1.48. The maximum Gasteiger partial charge on any atom is 0.271 e. The largest absolute Gasteiger partial charge is 0.397 e. The van der Waals surface area contributed by atoms with Gasteiger partial charge in [-0.05, 0) is 47.7 Å². The van der Waals surface area contributed by atoms with Crippen LogP contribution in [0.15, 0.2) is 127 Å². The summed E-state index contributed by atoms with van der Waals surface area (Å²) >= 11 is 6.83. The molecular weight excluding hydrogens is 829 g/mol. The molecule has 8 rings (SSSR count). The summed E-state index contributed by atoms with van der Waals surface area (Å²) in [6.07, 6.45) is 5.62. The van der Waals surface area contributed by atoms with Gasteiger partial charge in [0.05, 0.1) is 36.4 Å². The van der Waals surface area contributed by atoms with E-state index >= 15 is 0 Å². The van der Waals surface area contributed by atoms with Gasteiger partial charge in [-0.25, -0.2) is 4.98 Å². The highest BCUT2D eigenvalue weighted by Gasteiger charge is 2.23. The first-order chi connectivity index (χ1) is 29.2. The minimum Gasteiger partial charge on any atom is -0.397 e. The molecule has 0 atom stereocenters. The number of nitrogen functional groups attached to an aromatic ring is 2. The molecule has 0 saturated carbocycles. The molecule has 6 aromatic heterocycles. The Morgan fingerprint density at radius 1 is 0.650 bits per heavy atom. The molecule has 60 heavy (non-hydrogen) atoms. The summed E-state index contributed by atoms with van der Waals surface area (Å²) in [4.78, 5) is 34.0. The molecule has 10 nitrogen and oxygen atoms in total. The van der Waals surface area contributed by atoms with Gasteiger partial charge in [0.25, 0.3) is 4.83 Å². The second-order valence-electron chi connectivity index (χ2n) is 14.0. The lowest BCUT2D eigenvalue weighted by Crippen LogP contribution is -2.16. The number of rotatable bonds is 14. The molecule has 2 aromatic carbocycles. The fourth-order valence-corrected chi connectivity index (χ4v) is 11.3. The van der Waals surface area contributed by atoms with Crippen LogP contribution in [0.25, 0.3) is 65.2 Å². The van der Waals surface area contributed by atoms with Crippen LogP contribution in [0.2, 0.25) is 0 Å². The zero-order valence-corrected chi connectivity index (χ0v) is 37.2. The number of aromatic amines is 1. The SMILES string of the molecule is COCCCSc1sc2[nH+]c(-c3ccc(=O)n(C)c3)cc(-c3ccccc3)c2c1N.COCCCSc1sc2nc(-c3ccc(=O)n(C)c3)cc(-c3ccccc3)c2c1N. The third-order valence-corrected chi connectivity index (χ3v) is 14.7. The van der Waals surface area contributed by atoms with Gasteiger partial charge in [0.1, 0.15) is 4.83 Å². The Bertz CT molecular complexity index is 2660. The van der Waals surface area contributed by atoms with Crippen molar-refractivity contribution >= 4 is 78.0 Å². The minimum atomic E-state index is -0.0433. The predicted octanol–water partition coefficient (Wildman–Crippen LogP) is 9.50. The number of thioether (sulfide) groups is 2. The second-order valence-corrected chi connectivity index (χ2v) is 18.7. The Balaban J connectivity index is 0.000000181. The van der Waals surface area contributed by atoms with Crippen molar-refractivity contribution in [3.05, 3.63) is 130 Å². The number of hydrogen-bond acceptors (Lipinski definition) is 11. The number of ether oxygens (including phenoxy) is 2. The van der Waals surface area contributed by atoms with Gasteiger partial charge in [-0.1, -0.05) is 72.0 Å². The first kappa shape index (κ1) is 42.9. The number of aromatic nitrogens is 4. The number of aryl methyl sites for hydroxylation is 2. The average Bonchev–Trinajstić information content (AvgIpc) is 3.77. The Labute approximate surface area is 365 Å². The molecule has 0 aliphatic carbocycles. The summed E-state index contributed by atoms with van der Waals surface area (Å²) in [7, 11) is 6.96. The van der Waals surface area contributed by atoms with Crippen molar-refractivity contribution < 1.29 is 14.5 Å². The number of H-pyrrole nitrogens is 1. The van der Waals surface area contributed by atoms with Crippen molar-refractivity contribution in [2.24, 2.45) is 14.1 Å². The lowest BCUT2D eigenvalue weighted by molar-refractivity contribution is -0.327. The third kappa shape index (κ3) is 9.70. The van der Waals surface area contributed by atoms with E-state index in [0.717, 1.165) is 123 Å². The van der Waals surface area contributed by atoms with Crippen LogP contribution in [-0.2, 0) is 23.6 Å². The monoisotopic (exact) mass is 875 g/mol. The number of benzene rings is 2. The smallest absolute Gasteiger partial charge is 0.271 e. The van der Waals surface area contributed by atoms with Crippen LogP contribution in [0, 0.1) is 0 Å². The number of fused-ring (bicyclic) bond motifs is 2. The van der Waals surface area contributed by atoms with Crippen molar-refractivity contribution in [1.82, 2.24) is 14.1 Å². The van der Waals surface area contributed by atoms with E-state index in [1.807, 2.05) is 60.9 Å². The Hall–Kier alpha value is -5.22. The van der Waals surface area contributed by atoms with E-state index in [2.05, 4.69) is 41.4 Å². The van der Waals surface area contributed by atoms with Gasteiger partial charge in [-0.3, -0.25) is 9.59 Å². The van der Waals surface area contributed by atoms with Crippen LogP contribution in [0.5, 0.6) is 0 Å². The molecule has 0 amide bonds. The van der Waals surface area contributed by atoms with Crippen LogP contribution in [0.3, 0.4) is 0 Å². The second kappa shape index (κ2) is 19.9. The van der Waals surface area contributed by atoms with Crippen LogP contribution in [0.4, 0.5) is 11.4 Å². The average molecular weight is 876 g/mol. The number of methoxy groups -OCH3 is 2. The van der Waals surface area contributed by atoms with Crippen molar-refractivity contribution in [3.8, 4) is 44.8 Å². The van der Waals surface area contributed by atoms with Gasteiger partial charge in [-0.2, -0.15) is 4.98 Å². The number of nitrogens with zero attached hydrogens (tertiary/aromatic N) is 3. The van der Waals surface area contributed by atoms with Gasteiger partial charge in [0, 0.05) is 100 Å². The topological polar surface area (TPSA) is 142 Å². The molecule has 0 radical (unpaired) electrons. The molecule has 0 unspecified atom stereocenters. The summed E-state index contributed by atoms with van der Waals surface area (Å²) in [5, 5.41) is 2.04. The highest BCUT2D eigenvalue weighted by Crippen LogP contribution is 2.46. The highest BCUT2D eigenvalue weighted by atomic mass is 32.2. The molecule has 0 fully saturated rings. The van der Waals surface area contributed by atoms with Crippen molar-refractivity contribution in [3.63, 3.8) is 0 Å². The summed E-state index contributed by atoms with van der Waals surface area (Å²) < 4.78 is 15.7. The zero-order valence-electron chi connectivity index (χ0n) is 33.9. The molecule has 14 heteroatoms. The first-order valence-corrected chi connectivity index (χ1v) is 23.0. The Morgan fingerprint density at radius 3 is 1.73 bits per heavy atom. The van der Waals surface area contributed by atoms with Gasteiger partial charge >= 0.3 is 0 Å². The van der Waals surface area contributed by atoms with E-state index in [1.165, 1.54) is 0 Å². The molecule has 0 spiro atoms. The zero-order chi connectivity index (χ0) is 42.2. The van der Waals surface area contributed by atoms with Crippen LogP contribution < -0.4 is 27.6 Å². The fraction of sp³-hybridized carbons (Fsp3) is 0.217. The third-order valence-electron chi connectivity index (χ3n) is 9.78. The van der Waals surface area contributed by atoms with Gasteiger partial charge in [-0.15, -0.1) is 34.9 Å². The van der Waals surface area contributed by atoms with Crippen molar-refractivity contribution in [2.45, 2.75) is 21.3 Å². The predicted molar refractivity (Wildman–Crippen MR) is 253 cm³/mol. The van der Waals surface area contributed by atoms with E-state index in [-0.39, 0.29) is 11.1 Å². The number of pyridine rings is 4. The van der Waals surface area contributed by atoms with Crippen molar-refractivity contribution in [1.29, 1.82) is 0 Å². The number of anilines is 2. The summed E-state index contributed by atoms with van der Waals surface area (Å²) in [5.74, 6) is 1.90. The summed E-state index contributed by atoms with van der Waals surface area (Å²) in [6, 6.07) is 31.5. The standard InChI is InChI=1S/2C23H23N3O2S2/c2*1-26-14-16(9-10-19(26)27)18-13-17(15-7-4-3-5-8-15)20-21(24)23(30-22(20)25-18)29-12-6-11-28-2/h2*3-5,7-10,13-14H,6,11-12,24H2,1-2H3/p+1. The van der Waals surface area contributed by atoms with Crippen LogP contribution >= 0.6 is 46.2 Å². The quantitative estimate of drug-likeness (QED) is 0.0807. The van der Waals surface area contributed by atoms with Gasteiger partial charge in [0.2, 0.25) is 16.8 Å². The Morgan fingerprint density at radius 2 is 1.17 bits per heavy atom. The van der Waals surface area contributed by atoms with Crippen molar-refractivity contribution in [2.75, 3.05) is 50.4 Å². The molecule has 6 heterocycles. The number of thiophene rings is 2. The molecule has 8 aromatic rings. The molecule has 0 bridgehead atoms. The van der Waals surface area contributed by atoms with Crippen LogP contribution in [0.1, 0.15) is 12.8 Å². The Kier molecular flexibility index (Phi) is 14.2. The number of nitrogens with one attached hydrogen (secondary N) is 1. The van der Waals surface area contributed by atoms with E-state index in [0.29, 0.717) is 0 Å². The number of nitrogens with two attached hydrogens (primary N) is 2. The van der Waals surface area contributed by atoms with E-state index < -0.39 is 0 Å².